The Labute approximate surface area is 206 Å². The number of benzene rings is 1. The maximum absolute atomic E-state index is 12.7. The van der Waals surface area contributed by atoms with Crippen LogP contribution in [0.4, 0.5) is 5.95 Å². The Morgan fingerprint density at radius 2 is 2.00 bits per heavy atom. The number of aromatic nitrogens is 2. The minimum absolute atomic E-state index is 0.126. The van der Waals surface area contributed by atoms with Crippen molar-refractivity contribution in [1.29, 1.82) is 0 Å². The molecule has 9 heteroatoms. The van der Waals surface area contributed by atoms with Crippen molar-refractivity contribution in [3.8, 4) is 11.5 Å². The van der Waals surface area contributed by atoms with Gasteiger partial charge in [-0.2, -0.15) is 0 Å². The number of nitrogens with zero attached hydrogens (tertiary/aromatic N) is 2. The average Bonchev–Trinajstić information content (AvgIpc) is 3.37. The highest BCUT2D eigenvalue weighted by Gasteiger charge is 2.20. The molecule has 190 valence electrons. The van der Waals surface area contributed by atoms with E-state index in [1.807, 2.05) is 36.9 Å². The Kier molecular flexibility index (Phi) is 8.28. The number of rotatable bonds is 9. The van der Waals surface area contributed by atoms with Crippen molar-refractivity contribution in [3.63, 3.8) is 0 Å². The zero-order valence-corrected chi connectivity index (χ0v) is 20.9. The highest BCUT2D eigenvalue weighted by Crippen LogP contribution is 2.33. The van der Waals surface area contributed by atoms with Crippen LogP contribution < -0.4 is 25.2 Å². The third-order valence-corrected chi connectivity index (χ3v) is 6.78. The molecule has 1 atom stereocenters. The van der Waals surface area contributed by atoms with Crippen molar-refractivity contribution in [3.05, 3.63) is 45.4 Å². The normalized spacial score (nSPS) is 17.3. The lowest BCUT2D eigenvalue weighted by Gasteiger charge is -2.27. The summed E-state index contributed by atoms with van der Waals surface area (Å²) in [6, 6.07) is 5.58. The van der Waals surface area contributed by atoms with Gasteiger partial charge < -0.3 is 24.4 Å². The number of methoxy groups -OCH3 is 1. The third-order valence-electron chi connectivity index (χ3n) is 6.78. The van der Waals surface area contributed by atoms with Crippen LogP contribution in [0.25, 0.3) is 0 Å². The molecule has 9 nitrogen and oxygen atoms in total. The van der Waals surface area contributed by atoms with Gasteiger partial charge in [0.2, 0.25) is 11.9 Å². The molecule has 1 unspecified atom stereocenters. The molecule has 0 spiro atoms. The van der Waals surface area contributed by atoms with E-state index in [1.165, 1.54) is 12.8 Å². The molecule has 0 bridgehead atoms. The van der Waals surface area contributed by atoms with Crippen LogP contribution in [0, 0.1) is 6.92 Å². The lowest BCUT2D eigenvalue weighted by Crippen LogP contribution is -2.38. The van der Waals surface area contributed by atoms with Crippen LogP contribution in [-0.4, -0.2) is 55.4 Å². The van der Waals surface area contributed by atoms with E-state index in [1.54, 1.807) is 7.11 Å². The van der Waals surface area contributed by atoms with E-state index >= 15 is 0 Å². The summed E-state index contributed by atoms with van der Waals surface area (Å²) in [5.41, 5.74) is 1.93. The number of carbonyl (C=O) groups is 1. The summed E-state index contributed by atoms with van der Waals surface area (Å²) in [4.78, 5) is 34.8. The van der Waals surface area contributed by atoms with Crippen LogP contribution in [0.5, 0.6) is 11.5 Å². The van der Waals surface area contributed by atoms with E-state index in [4.69, 9.17) is 14.2 Å². The fourth-order valence-electron chi connectivity index (χ4n) is 4.69. The molecule has 4 rings (SSSR count). The van der Waals surface area contributed by atoms with Crippen LogP contribution in [0.15, 0.2) is 23.0 Å². The zero-order chi connectivity index (χ0) is 24.8. The number of nitrogens with one attached hydrogen (secondary N) is 2. The average molecular weight is 485 g/mol. The van der Waals surface area contributed by atoms with E-state index in [9.17, 15) is 9.59 Å². The van der Waals surface area contributed by atoms with E-state index < -0.39 is 0 Å². The molecule has 2 aromatic rings. The summed E-state index contributed by atoms with van der Waals surface area (Å²) >= 11 is 0. The van der Waals surface area contributed by atoms with Crippen molar-refractivity contribution < 1.29 is 19.0 Å². The smallest absolute Gasteiger partial charge is 0.255 e. The lowest BCUT2D eigenvalue weighted by atomic mass is 10.1. The maximum Gasteiger partial charge on any atom is 0.255 e. The summed E-state index contributed by atoms with van der Waals surface area (Å²) in [5.74, 6) is 1.85. The number of aryl methyl sites for hydroxylation is 1. The van der Waals surface area contributed by atoms with E-state index in [2.05, 4.69) is 15.3 Å². The fraction of sp³-hybridized carbons (Fsp3) is 0.577. The second-order valence-electron chi connectivity index (χ2n) is 9.28. The van der Waals surface area contributed by atoms with Gasteiger partial charge in [0.1, 0.15) is 0 Å². The molecule has 1 saturated carbocycles. The summed E-state index contributed by atoms with van der Waals surface area (Å²) in [5, 5.41) is 3.02. The van der Waals surface area contributed by atoms with Crippen molar-refractivity contribution in [2.75, 3.05) is 38.3 Å². The van der Waals surface area contributed by atoms with Gasteiger partial charge in [0.15, 0.2) is 11.5 Å². The molecule has 2 fully saturated rings. The van der Waals surface area contributed by atoms with Gasteiger partial charge in [-0.1, -0.05) is 6.07 Å². The van der Waals surface area contributed by atoms with Crippen molar-refractivity contribution in [2.45, 2.75) is 64.5 Å². The van der Waals surface area contributed by atoms with Crippen LogP contribution in [0.1, 0.15) is 61.9 Å². The fourth-order valence-corrected chi connectivity index (χ4v) is 4.69. The Balaban J connectivity index is 1.34. The molecule has 0 radical (unpaired) electrons. The molecule has 1 aromatic carbocycles. The first-order chi connectivity index (χ1) is 16.9. The number of aromatic amines is 1. The summed E-state index contributed by atoms with van der Waals surface area (Å²) in [6.07, 6.45) is 5.33. The van der Waals surface area contributed by atoms with Gasteiger partial charge in [0, 0.05) is 30.8 Å². The lowest BCUT2D eigenvalue weighted by molar-refractivity contribution is -0.121. The number of carbonyl (C=O) groups excluding carboxylic acids is 1. The van der Waals surface area contributed by atoms with Crippen LogP contribution >= 0.6 is 0 Å². The molecule has 1 aliphatic heterocycles. The molecule has 1 aliphatic carbocycles. The Hall–Kier alpha value is -3.07. The quantitative estimate of drug-likeness (QED) is 0.563. The van der Waals surface area contributed by atoms with Gasteiger partial charge in [0.25, 0.3) is 5.56 Å². The van der Waals surface area contributed by atoms with E-state index in [0.717, 1.165) is 24.2 Å². The molecule has 1 aromatic heterocycles. The Bertz CT molecular complexity index is 1070. The Morgan fingerprint density at radius 1 is 1.26 bits per heavy atom. The standard InChI is InChI=1S/C26H36N4O5/c1-17(19-8-10-22(23(16-19)33-3)35-20-6-4-5-7-20)27-24(31)11-9-21-18(2)28-26(29-25(21)32)30-12-14-34-15-13-30/h8,10,16-17,20H,4-7,9,11-15H2,1-3H3,(H,27,31)(H,28,29,32). The molecular formula is C26H36N4O5. The van der Waals surface area contributed by atoms with Crippen molar-refractivity contribution in [1.82, 2.24) is 15.3 Å². The number of ether oxygens (including phenoxy) is 3. The molecule has 1 amide bonds. The van der Waals surface area contributed by atoms with Crippen molar-refractivity contribution >= 4 is 11.9 Å². The summed E-state index contributed by atoms with van der Waals surface area (Å²) in [6.45, 7) is 6.37. The molecule has 1 saturated heterocycles. The van der Waals surface area contributed by atoms with Crippen LogP contribution in [0.3, 0.4) is 0 Å². The predicted molar refractivity (Wildman–Crippen MR) is 133 cm³/mol. The molecule has 2 heterocycles. The van der Waals surface area contributed by atoms with Gasteiger partial charge >= 0.3 is 0 Å². The predicted octanol–water partition coefficient (Wildman–Crippen LogP) is 3.05. The van der Waals surface area contributed by atoms with Gasteiger partial charge in [0.05, 0.1) is 32.5 Å². The number of hydrogen-bond acceptors (Lipinski definition) is 7. The first kappa shape index (κ1) is 25.0. The summed E-state index contributed by atoms with van der Waals surface area (Å²) < 4.78 is 17.0. The monoisotopic (exact) mass is 484 g/mol. The molecular weight excluding hydrogens is 448 g/mol. The maximum atomic E-state index is 12.7. The second kappa shape index (κ2) is 11.6. The molecule has 35 heavy (non-hydrogen) atoms. The first-order valence-electron chi connectivity index (χ1n) is 12.5. The molecule has 2 aliphatic rings. The van der Waals surface area contributed by atoms with Gasteiger partial charge in [-0.25, -0.2) is 4.98 Å². The molecule has 2 N–H and O–H groups in total. The minimum atomic E-state index is -0.210. The van der Waals surface area contributed by atoms with Gasteiger partial charge in [-0.15, -0.1) is 0 Å². The minimum Gasteiger partial charge on any atom is -0.493 e. The number of anilines is 1. The number of hydrogen-bond donors (Lipinski definition) is 2. The van der Waals surface area contributed by atoms with Gasteiger partial charge in [-0.05, 0) is 63.6 Å². The van der Waals surface area contributed by atoms with E-state index in [0.29, 0.717) is 55.7 Å². The van der Waals surface area contributed by atoms with Crippen LogP contribution in [-0.2, 0) is 16.0 Å². The SMILES string of the molecule is COc1cc(C(C)NC(=O)CCc2c(C)nc(N3CCOCC3)[nH]c2=O)ccc1OC1CCCC1. The highest BCUT2D eigenvalue weighted by atomic mass is 16.5. The van der Waals surface area contributed by atoms with Crippen LogP contribution in [0.2, 0.25) is 0 Å². The van der Waals surface area contributed by atoms with E-state index in [-0.39, 0.29) is 30.0 Å². The topological polar surface area (TPSA) is 106 Å². The van der Waals surface area contributed by atoms with Crippen molar-refractivity contribution in [2.24, 2.45) is 0 Å². The highest BCUT2D eigenvalue weighted by molar-refractivity contribution is 5.76. The van der Waals surface area contributed by atoms with Gasteiger partial charge in [-0.3, -0.25) is 14.6 Å². The summed E-state index contributed by atoms with van der Waals surface area (Å²) in [7, 11) is 1.63. The number of amides is 1. The number of morpholine rings is 1. The second-order valence-corrected chi connectivity index (χ2v) is 9.28. The number of H-pyrrole nitrogens is 1. The first-order valence-corrected chi connectivity index (χ1v) is 12.5. The largest absolute Gasteiger partial charge is 0.493 e. The Morgan fingerprint density at radius 3 is 2.69 bits per heavy atom. The zero-order valence-electron chi connectivity index (χ0n) is 20.9. The third kappa shape index (κ3) is 6.33.